The molecule has 2 rings (SSSR count). The summed E-state index contributed by atoms with van der Waals surface area (Å²) in [7, 11) is 0. The van der Waals surface area contributed by atoms with Crippen LogP contribution >= 0.6 is 11.8 Å². The Balaban J connectivity index is 1.92. The smallest absolute Gasteiger partial charge is 0.328 e. The maximum absolute atomic E-state index is 10.3. The predicted octanol–water partition coefficient (Wildman–Crippen LogP) is 1.52. The van der Waals surface area contributed by atoms with Crippen LogP contribution in [0.5, 0.6) is 0 Å². The number of hydrogen-bond donors (Lipinski definition) is 1. The van der Waals surface area contributed by atoms with Gasteiger partial charge < -0.3 is 5.11 Å². The number of thioether (sulfide) groups is 1. The zero-order chi connectivity index (χ0) is 12.1. The van der Waals surface area contributed by atoms with Crippen LogP contribution in [0.4, 0.5) is 0 Å². The van der Waals surface area contributed by atoms with Crippen LogP contribution in [0.25, 0.3) is 0 Å². The highest BCUT2D eigenvalue weighted by Crippen LogP contribution is 2.31. The molecule has 1 aromatic rings. The summed E-state index contributed by atoms with van der Waals surface area (Å²) in [6.45, 7) is 0. The molecule has 1 saturated carbocycles. The third kappa shape index (κ3) is 3.29. The fraction of sp³-hybridized carbons (Fsp3) is 0.600. The quantitative estimate of drug-likeness (QED) is 0.634. The van der Waals surface area contributed by atoms with Crippen LogP contribution in [0.2, 0.25) is 0 Å². The van der Waals surface area contributed by atoms with E-state index in [0.717, 1.165) is 24.1 Å². The SMILES string of the molecule is O=C(O)C=CCSc1nnnn1C1CCCC1. The highest BCUT2D eigenvalue weighted by molar-refractivity contribution is 7.99. The molecule has 1 aromatic heterocycles. The molecule has 1 fully saturated rings. The van der Waals surface area contributed by atoms with Gasteiger partial charge in [-0.15, -0.1) is 5.10 Å². The normalized spacial score (nSPS) is 16.9. The fourth-order valence-electron chi connectivity index (χ4n) is 1.93. The van der Waals surface area contributed by atoms with Gasteiger partial charge >= 0.3 is 5.97 Å². The van der Waals surface area contributed by atoms with Gasteiger partial charge in [-0.1, -0.05) is 30.7 Å². The average Bonchev–Trinajstić information content (AvgIpc) is 2.94. The molecule has 0 aromatic carbocycles. The molecule has 1 heterocycles. The standard InChI is InChI=1S/C10H14N4O2S/c15-9(16)6-3-7-17-10-11-12-13-14(10)8-4-1-2-5-8/h3,6,8H,1-2,4-5,7H2,(H,15,16). The second-order valence-electron chi connectivity index (χ2n) is 3.90. The van der Waals surface area contributed by atoms with E-state index in [9.17, 15) is 4.79 Å². The van der Waals surface area contributed by atoms with Crippen LogP contribution in [0.1, 0.15) is 31.7 Å². The lowest BCUT2D eigenvalue weighted by molar-refractivity contribution is -0.131. The predicted molar refractivity (Wildman–Crippen MR) is 62.8 cm³/mol. The van der Waals surface area contributed by atoms with Crippen molar-refractivity contribution < 1.29 is 9.90 Å². The van der Waals surface area contributed by atoms with Gasteiger partial charge in [0.2, 0.25) is 5.16 Å². The Hall–Kier alpha value is -1.37. The van der Waals surface area contributed by atoms with E-state index < -0.39 is 5.97 Å². The Kier molecular flexibility index (Phi) is 4.13. The zero-order valence-corrected chi connectivity index (χ0v) is 10.1. The van der Waals surface area contributed by atoms with Crippen molar-refractivity contribution in [1.29, 1.82) is 0 Å². The van der Waals surface area contributed by atoms with Gasteiger partial charge in [0, 0.05) is 11.8 Å². The minimum atomic E-state index is -0.930. The second kappa shape index (κ2) is 5.81. The van der Waals surface area contributed by atoms with Crippen LogP contribution in [0, 0.1) is 0 Å². The van der Waals surface area contributed by atoms with Gasteiger partial charge in [-0.25, -0.2) is 9.48 Å². The number of rotatable bonds is 5. The number of carboxylic acids is 1. The first-order valence-electron chi connectivity index (χ1n) is 5.57. The lowest BCUT2D eigenvalue weighted by Gasteiger charge is -2.09. The molecule has 0 saturated heterocycles. The zero-order valence-electron chi connectivity index (χ0n) is 9.32. The summed E-state index contributed by atoms with van der Waals surface area (Å²) in [6, 6.07) is 0.413. The minimum absolute atomic E-state index is 0.413. The summed E-state index contributed by atoms with van der Waals surface area (Å²) in [5.41, 5.74) is 0. The maximum Gasteiger partial charge on any atom is 0.328 e. The lowest BCUT2D eigenvalue weighted by Crippen LogP contribution is -2.08. The molecule has 0 amide bonds. The molecule has 1 aliphatic rings. The summed E-state index contributed by atoms with van der Waals surface area (Å²) >= 11 is 1.46. The average molecular weight is 254 g/mol. The third-order valence-electron chi connectivity index (χ3n) is 2.70. The molecular weight excluding hydrogens is 240 g/mol. The van der Waals surface area contributed by atoms with Crippen molar-refractivity contribution in [3.8, 4) is 0 Å². The van der Waals surface area contributed by atoms with E-state index in [0.29, 0.717) is 11.8 Å². The van der Waals surface area contributed by atoms with Crippen molar-refractivity contribution in [3.63, 3.8) is 0 Å². The molecule has 0 atom stereocenters. The molecular formula is C10H14N4O2S. The summed E-state index contributed by atoms with van der Waals surface area (Å²) in [5.74, 6) is -0.361. The highest BCUT2D eigenvalue weighted by Gasteiger charge is 2.21. The van der Waals surface area contributed by atoms with E-state index >= 15 is 0 Å². The Morgan fingerprint density at radius 2 is 2.29 bits per heavy atom. The van der Waals surface area contributed by atoms with E-state index in [-0.39, 0.29) is 0 Å². The van der Waals surface area contributed by atoms with Crippen molar-refractivity contribution in [2.45, 2.75) is 36.9 Å². The molecule has 0 bridgehead atoms. The Morgan fingerprint density at radius 3 is 3.00 bits per heavy atom. The van der Waals surface area contributed by atoms with Gasteiger partial charge in [-0.3, -0.25) is 0 Å². The molecule has 0 unspecified atom stereocenters. The van der Waals surface area contributed by atoms with Gasteiger partial charge in [-0.05, 0) is 23.3 Å². The highest BCUT2D eigenvalue weighted by atomic mass is 32.2. The Labute approximate surface area is 103 Å². The number of carbonyl (C=O) groups is 1. The van der Waals surface area contributed by atoms with E-state index in [2.05, 4.69) is 15.5 Å². The molecule has 7 heteroatoms. The van der Waals surface area contributed by atoms with Gasteiger partial charge in [0.05, 0.1) is 6.04 Å². The molecule has 6 nitrogen and oxygen atoms in total. The third-order valence-corrected chi connectivity index (χ3v) is 3.59. The summed E-state index contributed by atoms with van der Waals surface area (Å²) in [4.78, 5) is 10.3. The van der Waals surface area contributed by atoms with E-state index in [4.69, 9.17) is 5.11 Å². The van der Waals surface area contributed by atoms with Crippen molar-refractivity contribution in [3.05, 3.63) is 12.2 Å². The topological polar surface area (TPSA) is 80.9 Å². The first-order chi connectivity index (χ1) is 8.27. The monoisotopic (exact) mass is 254 g/mol. The van der Waals surface area contributed by atoms with Crippen LogP contribution in [-0.2, 0) is 4.79 Å². The molecule has 92 valence electrons. The Morgan fingerprint density at radius 1 is 1.53 bits per heavy atom. The number of aromatic nitrogens is 4. The summed E-state index contributed by atoms with van der Waals surface area (Å²) in [5, 5.41) is 20.9. The van der Waals surface area contributed by atoms with Crippen molar-refractivity contribution in [2.75, 3.05) is 5.75 Å². The summed E-state index contributed by atoms with van der Waals surface area (Å²) in [6.07, 6.45) is 7.45. The van der Waals surface area contributed by atoms with Gasteiger partial charge in [0.25, 0.3) is 0 Å². The molecule has 17 heavy (non-hydrogen) atoms. The van der Waals surface area contributed by atoms with Crippen LogP contribution in [0.3, 0.4) is 0 Å². The van der Waals surface area contributed by atoms with E-state index in [1.54, 1.807) is 6.08 Å². The van der Waals surface area contributed by atoms with E-state index in [1.165, 1.54) is 24.6 Å². The maximum atomic E-state index is 10.3. The first-order valence-corrected chi connectivity index (χ1v) is 6.56. The number of tetrazole rings is 1. The van der Waals surface area contributed by atoms with Crippen molar-refractivity contribution in [2.24, 2.45) is 0 Å². The second-order valence-corrected chi connectivity index (χ2v) is 4.88. The molecule has 0 aliphatic heterocycles. The van der Waals surface area contributed by atoms with Crippen LogP contribution in [0.15, 0.2) is 17.3 Å². The molecule has 1 aliphatic carbocycles. The number of hydrogen-bond acceptors (Lipinski definition) is 5. The fourth-order valence-corrected chi connectivity index (χ4v) is 2.68. The van der Waals surface area contributed by atoms with E-state index in [1.807, 2.05) is 4.68 Å². The lowest BCUT2D eigenvalue weighted by atomic mass is 10.3. The van der Waals surface area contributed by atoms with Gasteiger partial charge in [0.15, 0.2) is 0 Å². The molecule has 0 radical (unpaired) electrons. The molecule has 0 spiro atoms. The summed E-state index contributed by atoms with van der Waals surface area (Å²) < 4.78 is 1.87. The number of nitrogens with zero attached hydrogens (tertiary/aromatic N) is 4. The number of aliphatic carboxylic acids is 1. The Bertz CT molecular complexity index is 412. The van der Waals surface area contributed by atoms with Gasteiger partial charge in [0.1, 0.15) is 0 Å². The van der Waals surface area contributed by atoms with Crippen molar-refractivity contribution in [1.82, 2.24) is 20.2 Å². The molecule has 1 N–H and O–H groups in total. The minimum Gasteiger partial charge on any atom is -0.478 e. The number of carboxylic acid groups (broad SMARTS) is 1. The largest absolute Gasteiger partial charge is 0.478 e. The van der Waals surface area contributed by atoms with Crippen LogP contribution in [-0.4, -0.2) is 37.0 Å². The van der Waals surface area contributed by atoms with Gasteiger partial charge in [-0.2, -0.15) is 0 Å². The van der Waals surface area contributed by atoms with Crippen LogP contribution < -0.4 is 0 Å². The first kappa shape index (κ1) is 12.1. The van der Waals surface area contributed by atoms with Crippen molar-refractivity contribution >= 4 is 17.7 Å².